The van der Waals surface area contributed by atoms with Crippen LogP contribution in [0.1, 0.15) is 52.5 Å². The van der Waals surface area contributed by atoms with Crippen molar-refractivity contribution in [3.8, 4) is 0 Å². The van der Waals surface area contributed by atoms with Crippen molar-refractivity contribution in [2.24, 2.45) is 17.1 Å². The fourth-order valence-corrected chi connectivity index (χ4v) is 3.62. The Balaban J connectivity index is 0.00000312. The lowest BCUT2D eigenvalue weighted by Crippen LogP contribution is -2.75. The van der Waals surface area contributed by atoms with E-state index in [0.29, 0.717) is 25.5 Å². The minimum atomic E-state index is -0.856. The molecule has 0 radical (unpaired) electrons. The molecular weight excluding hydrogens is 336 g/mol. The van der Waals surface area contributed by atoms with Crippen molar-refractivity contribution in [2.75, 3.05) is 13.2 Å². The standard InChI is InChI=1S/C20H32N2O2.ClH/c1-6-24-17-12-20(21,19(17,4)5)18(23)22-13-16(14(2)3)15-10-8-7-9-11-15;/h7-11,14,16-17H,6,12-13,21H2,1-5H3,(H,22,23);1H. The average molecular weight is 369 g/mol. The summed E-state index contributed by atoms with van der Waals surface area (Å²) in [5.41, 5.74) is 6.49. The highest BCUT2D eigenvalue weighted by atomic mass is 35.5. The molecule has 1 aromatic rings. The van der Waals surface area contributed by atoms with Crippen LogP contribution in [0.25, 0.3) is 0 Å². The van der Waals surface area contributed by atoms with E-state index >= 15 is 0 Å². The van der Waals surface area contributed by atoms with Gasteiger partial charge in [0.1, 0.15) is 5.54 Å². The molecule has 4 nitrogen and oxygen atoms in total. The summed E-state index contributed by atoms with van der Waals surface area (Å²) in [6, 6.07) is 10.3. The third-order valence-corrected chi connectivity index (χ3v) is 5.75. The molecule has 142 valence electrons. The topological polar surface area (TPSA) is 64.3 Å². The van der Waals surface area contributed by atoms with E-state index in [-0.39, 0.29) is 35.8 Å². The zero-order chi connectivity index (χ0) is 18.0. The van der Waals surface area contributed by atoms with Gasteiger partial charge in [0.15, 0.2) is 0 Å². The first-order chi connectivity index (χ1) is 11.2. The molecule has 0 aliphatic heterocycles. The number of rotatable bonds is 7. The van der Waals surface area contributed by atoms with E-state index in [4.69, 9.17) is 10.5 Å². The summed E-state index contributed by atoms with van der Waals surface area (Å²) in [6.07, 6.45) is 0.630. The van der Waals surface area contributed by atoms with Gasteiger partial charge >= 0.3 is 0 Å². The summed E-state index contributed by atoms with van der Waals surface area (Å²) in [5, 5.41) is 3.10. The highest BCUT2D eigenvalue weighted by Crippen LogP contribution is 2.49. The minimum Gasteiger partial charge on any atom is -0.378 e. The van der Waals surface area contributed by atoms with Crippen LogP contribution in [0.2, 0.25) is 0 Å². The Morgan fingerprint density at radius 1 is 1.32 bits per heavy atom. The lowest BCUT2D eigenvalue weighted by atomic mass is 9.54. The van der Waals surface area contributed by atoms with E-state index in [0.717, 1.165) is 0 Å². The van der Waals surface area contributed by atoms with Gasteiger partial charge in [0.25, 0.3) is 0 Å². The van der Waals surface area contributed by atoms with Crippen molar-refractivity contribution in [1.82, 2.24) is 5.32 Å². The summed E-state index contributed by atoms with van der Waals surface area (Å²) in [4.78, 5) is 12.8. The van der Waals surface area contributed by atoms with Gasteiger partial charge in [0.2, 0.25) is 5.91 Å². The van der Waals surface area contributed by atoms with Crippen LogP contribution in [-0.4, -0.2) is 30.7 Å². The Kier molecular flexibility index (Phi) is 7.48. The predicted octanol–water partition coefficient (Wildman–Crippen LogP) is 3.50. The van der Waals surface area contributed by atoms with Gasteiger partial charge in [-0.3, -0.25) is 4.79 Å². The second-order valence-corrected chi connectivity index (χ2v) is 7.81. The molecule has 0 bridgehead atoms. The number of hydrogen-bond donors (Lipinski definition) is 2. The molecule has 3 N–H and O–H groups in total. The number of nitrogens with two attached hydrogens (primary N) is 1. The molecule has 3 unspecified atom stereocenters. The van der Waals surface area contributed by atoms with Crippen LogP contribution in [0.4, 0.5) is 0 Å². The molecule has 1 aliphatic rings. The highest BCUT2D eigenvalue weighted by molar-refractivity contribution is 5.88. The lowest BCUT2D eigenvalue weighted by molar-refractivity contribution is -0.170. The number of amides is 1. The number of hydrogen-bond acceptors (Lipinski definition) is 3. The second-order valence-electron chi connectivity index (χ2n) is 7.81. The zero-order valence-corrected chi connectivity index (χ0v) is 16.9. The van der Waals surface area contributed by atoms with Gasteiger partial charge in [0, 0.05) is 30.9 Å². The molecule has 2 rings (SSSR count). The molecule has 0 spiro atoms. The maximum Gasteiger partial charge on any atom is 0.240 e. The Morgan fingerprint density at radius 2 is 1.92 bits per heavy atom. The summed E-state index contributed by atoms with van der Waals surface area (Å²) in [7, 11) is 0. The molecule has 1 aliphatic carbocycles. The summed E-state index contributed by atoms with van der Waals surface area (Å²) < 4.78 is 5.71. The van der Waals surface area contributed by atoms with Crippen molar-refractivity contribution in [1.29, 1.82) is 0 Å². The van der Waals surface area contributed by atoms with Gasteiger partial charge in [-0.1, -0.05) is 58.0 Å². The third kappa shape index (κ3) is 4.18. The first-order valence-corrected chi connectivity index (χ1v) is 8.97. The Hall–Kier alpha value is -1.10. The molecule has 25 heavy (non-hydrogen) atoms. The molecule has 3 atom stereocenters. The van der Waals surface area contributed by atoms with Gasteiger partial charge in [0.05, 0.1) is 6.10 Å². The first kappa shape index (κ1) is 21.9. The van der Waals surface area contributed by atoms with Crippen LogP contribution in [0.5, 0.6) is 0 Å². The van der Waals surface area contributed by atoms with Crippen molar-refractivity contribution in [3.63, 3.8) is 0 Å². The highest BCUT2D eigenvalue weighted by Gasteiger charge is 2.62. The van der Waals surface area contributed by atoms with Gasteiger partial charge in [-0.25, -0.2) is 0 Å². The largest absolute Gasteiger partial charge is 0.378 e. The Bertz CT molecular complexity index is 562. The van der Waals surface area contributed by atoms with Crippen molar-refractivity contribution < 1.29 is 9.53 Å². The van der Waals surface area contributed by atoms with Gasteiger partial charge in [-0.2, -0.15) is 0 Å². The predicted molar refractivity (Wildman–Crippen MR) is 105 cm³/mol. The molecule has 5 heteroatoms. The van der Waals surface area contributed by atoms with Crippen molar-refractivity contribution in [3.05, 3.63) is 35.9 Å². The molecule has 0 saturated heterocycles. The first-order valence-electron chi connectivity index (χ1n) is 8.97. The van der Waals surface area contributed by atoms with Crippen molar-refractivity contribution in [2.45, 2.75) is 58.6 Å². The molecule has 1 aromatic carbocycles. The smallest absolute Gasteiger partial charge is 0.240 e. The fourth-order valence-electron chi connectivity index (χ4n) is 3.62. The maximum absolute atomic E-state index is 12.8. The molecule has 0 heterocycles. The molecular formula is C20H33ClN2O2. The van der Waals surface area contributed by atoms with Crippen LogP contribution in [-0.2, 0) is 9.53 Å². The monoisotopic (exact) mass is 368 g/mol. The summed E-state index contributed by atoms with van der Waals surface area (Å²) in [5.74, 6) is 0.654. The van der Waals surface area contributed by atoms with Crippen LogP contribution in [0, 0.1) is 11.3 Å². The fraction of sp³-hybridized carbons (Fsp3) is 0.650. The second kappa shape index (κ2) is 8.52. The normalized spacial score (nSPS) is 25.6. The van der Waals surface area contributed by atoms with Crippen LogP contribution in [0.3, 0.4) is 0 Å². The number of carbonyl (C=O) groups excluding carboxylic acids is 1. The third-order valence-electron chi connectivity index (χ3n) is 5.75. The lowest BCUT2D eigenvalue weighted by Gasteiger charge is -2.57. The quantitative estimate of drug-likeness (QED) is 0.774. The Labute approximate surface area is 158 Å². The minimum absolute atomic E-state index is 0. The van der Waals surface area contributed by atoms with E-state index in [9.17, 15) is 4.79 Å². The van der Waals surface area contributed by atoms with Gasteiger partial charge in [-0.15, -0.1) is 12.4 Å². The van der Waals surface area contributed by atoms with Crippen LogP contribution in [0.15, 0.2) is 30.3 Å². The summed E-state index contributed by atoms with van der Waals surface area (Å²) >= 11 is 0. The summed E-state index contributed by atoms with van der Waals surface area (Å²) in [6.45, 7) is 11.6. The van der Waals surface area contributed by atoms with Crippen LogP contribution >= 0.6 is 12.4 Å². The number of nitrogens with one attached hydrogen (secondary N) is 1. The zero-order valence-electron chi connectivity index (χ0n) is 16.0. The van der Waals surface area contributed by atoms with E-state index in [1.54, 1.807) is 0 Å². The molecule has 1 fully saturated rings. The van der Waals surface area contributed by atoms with E-state index in [1.807, 2.05) is 39.0 Å². The maximum atomic E-state index is 12.8. The molecule has 0 aromatic heterocycles. The SMILES string of the molecule is CCOC1CC(N)(C(=O)NCC(c2ccccc2)C(C)C)C1(C)C.Cl. The van der Waals surface area contributed by atoms with Crippen molar-refractivity contribution >= 4 is 18.3 Å². The number of ether oxygens (including phenoxy) is 1. The molecule has 1 saturated carbocycles. The van der Waals surface area contributed by atoms with Gasteiger partial charge < -0.3 is 15.8 Å². The van der Waals surface area contributed by atoms with Gasteiger partial charge in [-0.05, 0) is 18.4 Å². The van der Waals surface area contributed by atoms with Crippen LogP contribution < -0.4 is 11.1 Å². The average Bonchev–Trinajstić information content (AvgIpc) is 2.55. The van der Waals surface area contributed by atoms with E-state index < -0.39 is 5.54 Å². The van der Waals surface area contributed by atoms with E-state index in [1.165, 1.54) is 5.56 Å². The molecule has 1 amide bonds. The number of halogens is 1. The van der Waals surface area contributed by atoms with E-state index in [2.05, 4.69) is 31.3 Å². The Morgan fingerprint density at radius 3 is 2.40 bits per heavy atom. The number of carbonyl (C=O) groups is 1. The number of benzene rings is 1.